The first-order valence-electron chi connectivity index (χ1n) is 7.20. The van der Waals surface area contributed by atoms with E-state index >= 15 is 0 Å². The van der Waals surface area contributed by atoms with Crippen LogP contribution in [0, 0.1) is 12.3 Å². The van der Waals surface area contributed by atoms with Crippen molar-refractivity contribution in [3.63, 3.8) is 0 Å². The summed E-state index contributed by atoms with van der Waals surface area (Å²) in [6.07, 6.45) is 11.5. The average Bonchev–Trinajstić information content (AvgIpc) is 2.37. The number of allylic oxidation sites excluding steroid dienone is 3. The predicted molar refractivity (Wildman–Crippen MR) is 103 cm³/mol. The lowest BCUT2D eigenvalue weighted by molar-refractivity contribution is -0.922. The van der Waals surface area contributed by atoms with E-state index in [0.29, 0.717) is 16.6 Å². The summed E-state index contributed by atoms with van der Waals surface area (Å²) in [5.74, 6) is 2.85. The average molecular weight is 462 g/mol. The lowest BCUT2D eigenvalue weighted by Crippen LogP contribution is -2.58. The number of halogens is 4. The monoisotopic (exact) mass is 460 g/mol. The number of terminal acetylenes is 1. The fourth-order valence-corrected chi connectivity index (χ4v) is 5.06. The van der Waals surface area contributed by atoms with Gasteiger partial charge in [-0.25, -0.2) is 0 Å². The molecular formula is C16H22Cl3IN+. The molecule has 0 heterocycles. The number of hydrogen-bond donors (Lipinski definition) is 0. The molecule has 2 unspecified atom stereocenters. The van der Waals surface area contributed by atoms with Crippen molar-refractivity contribution in [3.05, 3.63) is 22.2 Å². The molecule has 1 aliphatic rings. The zero-order valence-electron chi connectivity index (χ0n) is 12.5. The lowest BCUT2D eigenvalue weighted by Gasteiger charge is -2.44. The van der Waals surface area contributed by atoms with Crippen LogP contribution < -0.4 is 0 Å². The maximum atomic E-state index is 6.56. The molecule has 5 heteroatoms. The Kier molecular flexibility index (Phi) is 7.91. The quantitative estimate of drug-likeness (QED) is 0.209. The van der Waals surface area contributed by atoms with Gasteiger partial charge in [-0.1, -0.05) is 59.6 Å². The molecule has 0 fully saturated rings. The second-order valence-corrected chi connectivity index (χ2v) is 8.86. The van der Waals surface area contributed by atoms with Crippen LogP contribution >= 0.6 is 57.4 Å². The van der Waals surface area contributed by atoms with Crippen molar-refractivity contribution < 1.29 is 4.48 Å². The standard InChI is InChI=1S/C16H22Cl3IN/c1-4-7-21(8-5-2,9-6-3)12-16(20)14(18)10-13(17)11-15(16)19/h1,10-11,14H,5-9,12H2,2-3H3/q+1. The summed E-state index contributed by atoms with van der Waals surface area (Å²) in [6.45, 7) is 7.97. The summed E-state index contributed by atoms with van der Waals surface area (Å²) >= 11 is 21.5. The van der Waals surface area contributed by atoms with Gasteiger partial charge in [0.05, 0.1) is 18.5 Å². The van der Waals surface area contributed by atoms with Crippen LogP contribution in [0.2, 0.25) is 0 Å². The van der Waals surface area contributed by atoms with Crippen molar-refractivity contribution in [1.82, 2.24) is 0 Å². The van der Waals surface area contributed by atoms with E-state index in [1.807, 2.05) is 6.08 Å². The first-order chi connectivity index (χ1) is 9.83. The van der Waals surface area contributed by atoms with Gasteiger partial charge in [0.1, 0.15) is 16.5 Å². The molecule has 1 nitrogen and oxygen atoms in total. The Hall–Kier alpha value is 0.600. The maximum Gasteiger partial charge on any atom is 0.140 e. The highest BCUT2D eigenvalue weighted by molar-refractivity contribution is 14.1. The smallest absolute Gasteiger partial charge is 0.140 e. The van der Waals surface area contributed by atoms with Crippen LogP contribution in [0.15, 0.2) is 22.2 Å². The van der Waals surface area contributed by atoms with Crippen LogP contribution in [0.1, 0.15) is 26.7 Å². The Bertz CT molecular complexity index is 461. The fraction of sp³-hybridized carbons (Fsp3) is 0.625. The maximum absolute atomic E-state index is 6.56. The third-order valence-corrected chi connectivity index (χ3v) is 7.25. The lowest BCUT2D eigenvalue weighted by atomic mass is 9.97. The van der Waals surface area contributed by atoms with Crippen molar-refractivity contribution in [1.29, 1.82) is 0 Å². The van der Waals surface area contributed by atoms with Gasteiger partial charge in [-0.3, -0.25) is 0 Å². The second-order valence-electron chi connectivity index (χ2n) is 5.62. The molecule has 0 aliphatic heterocycles. The van der Waals surface area contributed by atoms with Crippen LogP contribution in [-0.2, 0) is 0 Å². The Morgan fingerprint density at radius 1 is 1.33 bits per heavy atom. The number of hydrogen-bond acceptors (Lipinski definition) is 0. The molecule has 21 heavy (non-hydrogen) atoms. The summed E-state index contributed by atoms with van der Waals surface area (Å²) in [6, 6.07) is 0. The Morgan fingerprint density at radius 3 is 2.33 bits per heavy atom. The predicted octanol–water partition coefficient (Wildman–Crippen LogP) is 5.30. The summed E-state index contributed by atoms with van der Waals surface area (Å²) in [5.41, 5.74) is 0. The molecule has 0 spiro atoms. The van der Waals surface area contributed by atoms with E-state index in [2.05, 4.69) is 42.4 Å². The van der Waals surface area contributed by atoms with Gasteiger partial charge in [0.25, 0.3) is 0 Å². The van der Waals surface area contributed by atoms with Crippen molar-refractivity contribution in [2.75, 3.05) is 26.2 Å². The Labute approximate surface area is 157 Å². The minimum Gasteiger partial charge on any atom is -0.312 e. The van der Waals surface area contributed by atoms with Crippen LogP contribution in [-0.4, -0.2) is 39.5 Å². The summed E-state index contributed by atoms with van der Waals surface area (Å²) in [5, 5.41) is 1.09. The molecule has 0 bridgehead atoms. The van der Waals surface area contributed by atoms with Gasteiger partial charge >= 0.3 is 0 Å². The summed E-state index contributed by atoms with van der Waals surface area (Å²) < 4.78 is 0.492. The third kappa shape index (κ3) is 4.78. The van der Waals surface area contributed by atoms with Crippen LogP contribution in [0.3, 0.4) is 0 Å². The number of quaternary nitrogens is 1. The molecule has 0 aromatic heterocycles. The van der Waals surface area contributed by atoms with Gasteiger partial charge < -0.3 is 4.48 Å². The van der Waals surface area contributed by atoms with E-state index in [1.165, 1.54) is 0 Å². The molecule has 0 N–H and O–H groups in total. The van der Waals surface area contributed by atoms with E-state index in [4.69, 9.17) is 41.2 Å². The first-order valence-corrected chi connectivity index (χ1v) is 9.47. The topological polar surface area (TPSA) is 0 Å². The SMILES string of the molecule is C#CC[N+](CCC)(CCC)CC1(I)C(Cl)=CC(Cl)=CC1Cl. The summed E-state index contributed by atoms with van der Waals surface area (Å²) in [7, 11) is 0. The molecular weight excluding hydrogens is 439 g/mol. The molecule has 0 amide bonds. The van der Waals surface area contributed by atoms with Gasteiger partial charge in [-0.2, -0.15) is 0 Å². The molecule has 1 rings (SSSR count). The van der Waals surface area contributed by atoms with Crippen LogP contribution in [0.25, 0.3) is 0 Å². The zero-order chi connectivity index (χ0) is 16.1. The van der Waals surface area contributed by atoms with Crippen molar-refractivity contribution in [2.24, 2.45) is 0 Å². The van der Waals surface area contributed by atoms with E-state index < -0.39 is 0 Å². The molecule has 0 aromatic rings. The highest BCUT2D eigenvalue weighted by atomic mass is 127. The minimum atomic E-state index is -0.361. The van der Waals surface area contributed by atoms with Gasteiger partial charge in [-0.05, 0) is 30.9 Å². The van der Waals surface area contributed by atoms with Crippen molar-refractivity contribution in [3.8, 4) is 12.3 Å². The largest absolute Gasteiger partial charge is 0.312 e. The number of nitrogens with zero attached hydrogens (tertiary/aromatic N) is 1. The fourth-order valence-electron chi connectivity index (χ4n) is 2.97. The van der Waals surface area contributed by atoms with Gasteiger partial charge in [-0.15, -0.1) is 18.0 Å². The molecule has 0 saturated heterocycles. The van der Waals surface area contributed by atoms with E-state index in [-0.39, 0.29) is 8.80 Å². The highest BCUT2D eigenvalue weighted by Crippen LogP contribution is 2.44. The normalized spacial score (nSPS) is 26.0. The molecule has 2 atom stereocenters. The Morgan fingerprint density at radius 2 is 1.90 bits per heavy atom. The number of alkyl halides is 2. The first kappa shape index (κ1) is 19.6. The van der Waals surface area contributed by atoms with Crippen molar-refractivity contribution in [2.45, 2.75) is 35.5 Å². The minimum absolute atomic E-state index is 0.230. The summed E-state index contributed by atoms with van der Waals surface area (Å²) in [4.78, 5) is 0. The highest BCUT2D eigenvalue weighted by Gasteiger charge is 2.46. The van der Waals surface area contributed by atoms with E-state index in [9.17, 15) is 0 Å². The van der Waals surface area contributed by atoms with Crippen molar-refractivity contribution >= 4 is 57.4 Å². The molecule has 0 saturated carbocycles. The Balaban J connectivity index is 3.12. The molecule has 0 radical (unpaired) electrons. The zero-order valence-corrected chi connectivity index (χ0v) is 16.9. The van der Waals surface area contributed by atoms with Gasteiger partial charge in [0, 0.05) is 10.1 Å². The molecule has 118 valence electrons. The number of rotatable bonds is 7. The van der Waals surface area contributed by atoms with Crippen LogP contribution in [0.4, 0.5) is 0 Å². The van der Waals surface area contributed by atoms with Crippen LogP contribution in [0.5, 0.6) is 0 Å². The second kappa shape index (κ2) is 8.45. The third-order valence-electron chi connectivity index (χ3n) is 3.79. The van der Waals surface area contributed by atoms with Gasteiger partial charge in [0.2, 0.25) is 0 Å². The molecule has 0 aromatic carbocycles. The van der Waals surface area contributed by atoms with E-state index in [0.717, 1.165) is 37.0 Å². The van der Waals surface area contributed by atoms with Gasteiger partial charge in [0.15, 0.2) is 0 Å². The van der Waals surface area contributed by atoms with E-state index in [1.54, 1.807) is 6.08 Å². The molecule has 1 aliphatic carbocycles.